The van der Waals surface area contributed by atoms with Gasteiger partial charge in [-0.2, -0.15) is 9.90 Å². The van der Waals surface area contributed by atoms with Crippen LogP contribution < -0.4 is 0 Å². The predicted molar refractivity (Wildman–Crippen MR) is 101 cm³/mol. The number of benzene rings is 1. The molecule has 1 aromatic heterocycles. The first-order valence-corrected chi connectivity index (χ1v) is 9.34. The van der Waals surface area contributed by atoms with Gasteiger partial charge in [-0.05, 0) is 19.1 Å². The fourth-order valence-electron chi connectivity index (χ4n) is 3.42. The molecule has 0 unspecified atom stereocenters. The van der Waals surface area contributed by atoms with Crippen molar-refractivity contribution in [2.75, 3.05) is 6.61 Å². The second kappa shape index (κ2) is 8.62. The number of esters is 3. The van der Waals surface area contributed by atoms with Crippen molar-refractivity contribution in [1.29, 1.82) is 0 Å². The number of nitrogens with zero attached hydrogens (tertiary/aromatic N) is 3. The molecule has 0 bridgehead atoms. The minimum absolute atomic E-state index is 0.0430. The second-order valence-electron chi connectivity index (χ2n) is 7.06. The molecule has 0 amide bonds. The topological polar surface area (TPSA) is 119 Å². The first-order valence-electron chi connectivity index (χ1n) is 9.34. The fraction of sp³-hybridized carbons (Fsp3) is 0.450. The van der Waals surface area contributed by atoms with E-state index in [0.29, 0.717) is 5.69 Å². The van der Waals surface area contributed by atoms with Gasteiger partial charge in [0, 0.05) is 20.8 Å². The van der Waals surface area contributed by atoms with Crippen LogP contribution >= 0.6 is 0 Å². The minimum atomic E-state index is -1.37. The predicted octanol–water partition coefficient (Wildman–Crippen LogP) is 1.52. The molecule has 0 N–H and O–H groups in total. The highest BCUT2D eigenvalue weighted by Gasteiger charge is 2.58. The van der Waals surface area contributed by atoms with Crippen LogP contribution in [0, 0.1) is 0 Å². The maximum absolute atomic E-state index is 11.9. The number of rotatable bonds is 6. The number of carbonyl (C=O) groups is 3. The highest BCUT2D eigenvalue weighted by molar-refractivity contribution is 5.68. The van der Waals surface area contributed by atoms with Crippen molar-refractivity contribution in [2.45, 2.75) is 51.6 Å². The largest absolute Gasteiger partial charge is 0.456 e. The zero-order valence-electron chi connectivity index (χ0n) is 17.1. The van der Waals surface area contributed by atoms with Gasteiger partial charge < -0.3 is 18.9 Å². The Hall–Kier alpha value is -3.27. The van der Waals surface area contributed by atoms with Crippen LogP contribution in [0.5, 0.6) is 0 Å². The molecule has 1 fully saturated rings. The standard InChI is InChI=1S/C20H23N3O7/c1-12(24)28-17-11-27-20(4,19(17)30-14(3)26)18(29-13(2)25)16-10-21-23(22-16)15-8-6-5-7-9-15/h5-10,17-19H,11H2,1-4H3/t17-,18-,19-,20-/m1/s1. The highest BCUT2D eigenvalue weighted by atomic mass is 16.7. The maximum atomic E-state index is 11.9. The monoisotopic (exact) mass is 417 g/mol. The van der Waals surface area contributed by atoms with Gasteiger partial charge in [0.05, 0.1) is 18.5 Å². The summed E-state index contributed by atoms with van der Waals surface area (Å²) in [6.07, 6.45) is -1.51. The van der Waals surface area contributed by atoms with Gasteiger partial charge in [0.1, 0.15) is 11.3 Å². The highest BCUT2D eigenvalue weighted by Crippen LogP contribution is 2.42. The molecule has 2 aromatic rings. The van der Waals surface area contributed by atoms with Crippen molar-refractivity contribution in [1.82, 2.24) is 15.0 Å². The SMILES string of the molecule is CC(=O)O[C@H](c1cnn(-c2ccccc2)n1)[C@@]1(C)OC[C@@H](OC(C)=O)[C@H]1OC(C)=O. The van der Waals surface area contributed by atoms with E-state index in [1.165, 1.54) is 31.8 Å². The van der Waals surface area contributed by atoms with E-state index in [9.17, 15) is 14.4 Å². The molecule has 1 saturated heterocycles. The molecule has 0 saturated carbocycles. The molecule has 160 valence electrons. The van der Waals surface area contributed by atoms with E-state index >= 15 is 0 Å². The third-order valence-corrected chi connectivity index (χ3v) is 4.64. The van der Waals surface area contributed by atoms with E-state index in [1.54, 1.807) is 6.92 Å². The summed E-state index contributed by atoms with van der Waals surface area (Å²) in [5, 5.41) is 8.66. The van der Waals surface area contributed by atoms with Crippen molar-refractivity contribution < 1.29 is 33.3 Å². The Morgan fingerprint density at radius 1 is 1.10 bits per heavy atom. The van der Waals surface area contributed by atoms with E-state index in [1.807, 2.05) is 30.3 Å². The fourth-order valence-corrected chi connectivity index (χ4v) is 3.42. The molecule has 30 heavy (non-hydrogen) atoms. The van der Waals surface area contributed by atoms with Gasteiger partial charge in [0.25, 0.3) is 0 Å². The Balaban J connectivity index is 1.99. The number of carbonyl (C=O) groups excluding carboxylic acids is 3. The van der Waals surface area contributed by atoms with Gasteiger partial charge in [-0.3, -0.25) is 14.4 Å². The molecule has 1 aromatic carbocycles. The minimum Gasteiger partial charge on any atom is -0.456 e. The summed E-state index contributed by atoms with van der Waals surface area (Å²) in [5.74, 6) is -1.73. The van der Waals surface area contributed by atoms with Crippen LogP contribution in [-0.4, -0.2) is 57.3 Å². The van der Waals surface area contributed by atoms with Crippen molar-refractivity contribution in [3.63, 3.8) is 0 Å². The first-order chi connectivity index (χ1) is 14.2. The molecule has 0 radical (unpaired) electrons. The lowest BCUT2D eigenvalue weighted by atomic mass is 9.89. The summed E-state index contributed by atoms with van der Waals surface area (Å²) in [6.45, 7) is 5.29. The molecule has 10 heteroatoms. The first kappa shape index (κ1) is 21.4. The number of para-hydroxylation sites is 1. The Morgan fingerprint density at radius 2 is 1.77 bits per heavy atom. The van der Waals surface area contributed by atoms with Crippen molar-refractivity contribution in [2.24, 2.45) is 0 Å². The van der Waals surface area contributed by atoms with Gasteiger partial charge >= 0.3 is 17.9 Å². The smallest absolute Gasteiger partial charge is 0.303 e. The summed E-state index contributed by atoms with van der Waals surface area (Å²) >= 11 is 0. The average molecular weight is 417 g/mol. The molecule has 1 aliphatic rings. The number of hydrogen-bond donors (Lipinski definition) is 0. The van der Waals surface area contributed by atoms with Gasteiger partial charge in [-0.25, -0.2) is 0 Å². The summed E-state index contributed by atoms with van der Waals surface area (Å²) in [7, 11) is 0. The summed E-state index contributed by atoms with van der Waals surface area (Å²) in [6, 6.07) is 9.17. The Bertz CT molecular complexity index is 929. The third kappa shape index (κ3) is 4.48. The molecular weight excluding hydrogens is 394 g/mol. The van der Waals surface area contributed by atoms with Crippen LogP contribution in [0.15, 0.2) is 36.5 Å². The Morgan fingerprint density at radius 3 is 2.37 bits per heavy atom. The van der Waals surface area contributed by atoms with Crippen molar-refractivity contribution in [3.05, 3.63) is 42.2 Å². The van der Waals surface area contributed by atoms with Crippen LogP contribution in [0.3, 0.4) is 0 Å². The van der Waals surface area contributed by atoms with Crippen LogP contribution in [0.4, 0.5) is 0 Å². The lowest BCUT2D eigenvalue weighted by molar-refractivity contribution is -0.189. The average Bonchev–Trinajstić information content (AvgIpc) is 3.27. The van der Waals surface area contributed by atoms with Gasteiger partial charge in [-0.15, -0.1) is 5.10 Å². The Kier molecular flexibility index (Phi) is 6.16. The van der Waals surface area contributed by atoms with Crippen LogP contribution in [0.25, 0.3) is 5.69 Å². The van der Waals surface area contributed by atoms with Crippen LogP contribution in [0.2, 0.25) is 0 Å². The van der Waals surface area contributed by atoms with E-state index in [0.717, 1.165) is 0 Å². The third-order valence-electron chi connectivity index (χ3n) is 4.64. The van der Waals surface area contributed by atoms with Gasteiger partial charge in [0.15, 0.2) is 18.3 Å². The summed E-state index contributed by atoms with van der Waals surface area (Å²) in [4.78, 5) is 36.5. The molecule has 3 rings (SSSR count). The van der Waals surface area contributed by atoms with E-state index in [-0.39, 0.29) is 12.3 Å². The molecule has 0 spiro atoms. The zero-order chi connectivity index (χ0) is 21.9. The molecule has 1 aliphatic heterocycles. The normalized spacial score (nSPS) is 24.1. The maximum Gasteiger partial charge on any atom is 0.303 e. The molecule has 4 atom stereocenters. The van der Waals surface area contributed by atoms with Crippen LogP contribution in [0.1, 0.15) is 39.5 Å². The van der Waals surface area contributed by atoms with Crippen molar-refractivity contribution >= 4 is 17.9 Å². The van der Waals surface area contributed by atoms with E-state index in [2.05, 4.69) is 10.2 Å². The number of hydrogen-bond acceptors (Lipinski definition) is 9. The molecule has 2 heterocycles. The number of ether oxygens (including phenoxy) is 4. The Labute approximate surface area is 173 Å². The van der Waals surface area contributed by atoms with E-state index < -0.39 is 41.8 Å². The molecular formula is C20H23N3O7. The van der Waals surface area contributed by atoms with Gasteiger partial charge in [-0.1, -0.05) is 18.2 Å². The van der Waals surface area contributed by atoms with E-state index in [4.69, 9.17) is 18.9 Å². The second-order valence-corrected chi connectivity index (χ2v) is 7.06. The quantitative estimate of drug-likeness (QED) is 0.509. The lowest BCUT2D eigenvalue weighted by Crippen LogP contribution is -2.50. The van der Waals surface area contributed by atoms with Crippen LogP contribution in [-0.2, 0) is 33.3 Å². The summed E-state index contributed by atoms with van der Waals surface area (Å²) in [5.41, 5.74) is -0.371. The number of aromatic nitrogens is 3. The lowest BCUT2D eigenvalue weighted by Gasteiger charge is -2.36. The van der Waals surface area contributed by atoms with Gasteiger partial charge in [0.2, 0.25) is 0 Å². The van der Waals surface area contributed by atoms with Crippen molar-refractivity contribution in [3.8, 4) is 5.69 Å². The molecule has 0 aliphatic carbocycles. The summed E-state index contributed by atoms with van der Waals surface area (Å²) < 4.78 is 22.1. The molecule has 10 nitrogen and oxygen atoms in total. The zero-order valence-corrected chi connectivity index (χ0v) is 17.1.